The fourth-order valence-corrected chi connectivity index (χ4v) is 3.66. The molecule has 1 unspecified atom stereocenters. The molecule has 2 aromatic carbocycles. The zero-order chi connectivity index (χ0) is 19.1. The molecule has 0 fully saturated rings. The fraction of sp³-hybridized carbons (Fsp3) is 0.238. The smallest absolute Gasteiger partial charge is 0.223 e. The molecular formula is C21H19N3O4. The Bertz CT molecular complexity index is 966. The number of oxime groups is 2. The highest BCUT2D eigenvalue weighted by molar-refractivity contribution is 6.05. The number of hydrogen-bond donors (Lipinski definition) is 0. The Kier molecular flexibility index (Phi) is 3.93. The van der Waals surface area contributed by atoms with Gasteiger partial charge in [0.2, 0.25) is 12.5 Å². The van der Waals surface area contributed by atoms with Crippen LogP contribution in [0.3, 0.4) is 0 Å². The normalized spacial score (nSPS) is 24.5. The second-order valence-corrected chi connectivity index (χ2v) is 6.66. The van der Waals surface area contributed by atoms with Gasteiger partial charge in [0.25, 0.3) is 0 Å². The van der Waals surface area contributed by atoms with E-state index in [1.807, 2.05) is 59.5 Å². The number of rotatable bonds is 4. The Morgan fingerprint density at radius 3 is 2.07 bits per heavy atom. The maximum absolute atomic E-state index is 5.84. The minimum absolute atomic E-state index is 0.0187. The van der Waals surface area contributed by atoms with Crippen molar-refractivity contribution in [3.05, 3.63) is 71.8 Å². The molecule has 0 spiro atoms. The number of amidine groups is 1. The molecule has 0 aromatic heterocycles. The van der Waals surface area contributed by atoms with Crippen LogP contribution in [0.1, 0.15) is 11.1 Å². The summed E-state index contributed by atoms with van der Waals surface area (Å²) in [7, 11) is 3.30. The zero-order valence-corrected chi connectivity index (χ0v) is 15.5. The van der Waals surface area contributed by atoms with Crippen molar-refractivity contribution < 1.29 is 19.1 Å². The van der Waals surface area contributed by atoms with E-state index < -0.39 is 0 Å². The molecule has 0 saturated carbocycles. The average molecular weight is 377 g/mol. The van der Waals surface area contributed by atoms with E-state index in [0.29, 0.717) is 0 Å². The van der Waals surface area contributed by atoms with Gasteiger partial charge in [0.1, 0.15) is 11.5 Å². The Morgan fingerprint density at radius 1 is 0.786 bits per heavy atom. The Balaban J connectivity index is 1.43. The van der Waals surface area contributed by atoms with Gasteiger partial charge in [0.15, 0.2) is 5.84 Å². The SMILES string of the molecule is COc1ccc(C2=NO[C@H]3[C@H]2C=CC2ON=C(c4ccc(OC)cc4)N23)cc1. The molecule has 5 rings (SSSR count). The van der Waals surface area contributed by atoms with E-state index in [0.717, 1.165) is 34.2 Å². The van der Waals surface area contributed by atoms with Crippen LogP contribution in [0.4, 0.5) is 0 Å². The summed E-state index contributed by atoms with van der Waals surface area (Å²) in [4.78, 5) is 13.5. The number of nitrogens with zero attached hydrogens (tertiary/aromatic N) is 3. The summed E-state index contributed by atoms with van der Waals surface area (Å²) in [6.07, 6.45) is 3.46. The topological polar surface area (TPSA) is 64.9 Å². The number of benzene rings is 2. The largest absolute Gasteiger partial charge is 0.497 e. The van der Waals surface area contributed by atoms with Crippen molar-refractivity contribution in [2.45, 2.75) is 12.5 Å². The van der Waals surface area contributed by atoms with Crippen LogP contribution < -0.4 is 9.47 Å². The van der Waals surface area contributed by atoms with Crippen LogP contribution in [0, 0.1) is 5.92 Å². The van der Waals surface area contributed by atoms with Crippen LogP contribution in [0.2, 0.25) is 0 Å². The third-order valence-electron chi connectivity index (χ3n) is 5.14. The average Bonchev–Trinajstić information content (AvgIpc) is 3.38. The van der Waals surface area contributed by atoms with E-state index in [1.165, 1.54) is 0 Å². The lowest BCUT2D eigenvalue weighted by molar-refractivity contribution is -0.0795. The van der Waals surface area contributed by atoms with Crippen molar-refractivity contribution in [3.8, 4) is 11.5 Å². The molecule has 0 N–H and O–H groups in total. The first kappa shape index (κ1) is 16.7. The molecule has 7 nitrogen and oxygen atoms in total. The van der Waals surface area contributed by atoms with Gasteiger partial charge in [-0.1, -0.05) is 16.4 Å². The van der Waals surface area contributed by atoms with Gasteiger partial charge in [0, 0.05) is 11.1 Å². The van der Waals surface area contributed by atoms with E-state index in [1.54, 1.807) is 14.2 Å². The number of ether oxygens (including phenoxy) is 2. The molecule has 142 valence electrons. The highest BCUT2D eigenvalue weighted by atomic mass is 16.7. The molecule has 3 heterocycles. The van der Waals surface area contributed by atoms with Gasteiger partial charge in [-0.3, -0.25) is 4.90 Å². The highest BCUT2D eigenvalue weighted by Crippen LogP contribution is 2.36. The van der Waals surface area contributed by atoms with Crippen molar-refractivity contribution in [2.24, 2.45) is 16.2 Å². The van der Waals surface area contributed by atoms with Crippen molar-refractivity contribution in [1.82, 2.24) is 4.90 Å². The maximum Gasteiger partial charge on any atom is 0.223 e. The predicted molar refractivity (Wildman–Crippen MR) is 103 cm³/mol. The van der Waals surface area contributed by atoms with Crippen LogP contribution in [0.25, 0.3) is 0 Å². The minimum Gasteiger partial charge on any atom is -0.497 e. The number of fused-ring (bicyclic) bond motifs is 3. The van der Waals surface area contributed by atoms with E-state index in [2.05, 4.69) is 16.4 Å². The summed E-state index contributed by atoms with van der Waals surface area (Å²) < 4.78 is 10.5. The third kappa shape index (κ3) is 2.58. The molecule has 3 aliphatic heterocycles. The number of methoxy groups -OCH3 is 2. The molecule has 0 radical (unpaired) electrons. The Labute approximate surface area is 162 Å². The van der Waals surface area contributed by atoms with Gasteiger partial charge in [-0.15, -0.1) is 0 Å². The first-order valence-electron chi connectivity index (χ1n) is 9.01. The molecule has 0 saturated heterocycles. The summed E-state index contributed by atoms with van der Waals surface area (Å²) in [5.74, 6) is 2.30. The second kappa shape index (κ2) is 6.60. The fourth-order valence-electron chi connectivity index (χ4n) is 3.66. The Hall–Kier alpha value is -3.48. The van der Waals surface area contributed by atoms with Crippen molar-refractivity contribution in [1.29, 1.82) is 0 Å². The van der Waals surface area contributed by atoms with E-state index in [4.69, 9.17) is 19.1 Å². The minimum atomic E-state index is -0.310. The molecule has 3 atom stereocenters. The van der Waals surface area contributed by atoms with Gasteiger partial charge in [-0.2, -0.15) is 0 Å². The first-order chi connectivity index (χ1) is 13.8. The zero-order valence-electron chi connectivity index (χ0n) is 15.5. The molecule has 0 bridgehead atoms. The molecular weight excluding hydrogens is 358 g/mol. The van der Waals surface area contributed by atoms with Crippen molar-refractivity contribution in [2.75, 3.05) is 14.2 Å². The first-order valence-corrected chi connectivity index (χ1v) is 9.01. The van der Waals surface area contributed by atoms with Gasteiger partial charge >= 0.3 is 0 Å². The second-order valence-electron chi connectivity index (χ2n) is 6.66. The van der Waals surface area contributed by atoms with Gasteiger partial charge in [0.05, 0.1) is 25.8 Å². The monoisotopic (exact) mass is 377 g/mol. The van der Waals surface area contributed by atoms with Crippen LogP contribution >= 0.6 is 0 Å². The van der Waals surface area contributed by atoms with E-state index >= 15 is 0 Å². The van der Waals surface area contributed by atoms with Crippen LogP contribution in [0.15, 0.2) is 71.0 Å². The third-order valence-corrected chi connectivity index (χ3v) is 5.14. The van der Waals surface area contributed by atoms with Crippen molar-refractivity contribution >= 4 is 11.5 Å². The lowest BCUT2D eigenvalue weighted by Gasteiger charge is -2.33. The predicted octanol–water partition coefficient (Wildman–Crippen LogP) is 2.97. The van der Waals surface area contributed by atoms with E-state index in [-0.39, 0.29) is 18.4 Å². The molecule has 0 amide bonds. The summed E-state index contributed by atoms with van der Waals surface area (Å²) in [6, 6.07) is 15.5. The van der Waals surface area contributed by atoms with Gasteiger partial charge in [-0.05, 0) is 54.6 Å². The van der Waals surface area contributed by atoms with E-state index in [9.17, 15) is 0 Å². The number of hydrogen-bond acceptors (Lipinski definition) is 7. The maximum atomic E-state index is 5.84. The summed E-state index contributed by atoms with van der Waals surface area (Å²) in [5, 5.41) is 8.66. The summed E-state index contributed by atoms with van der Waals surface area (Å²) >= 11 is 0. The molecule has 28 heavy (non-hydrogen) atoms. The van der Waals surface area contributed by atoms with Crippen LogP contribution in [0.5, 0.6) is 11.5 Å². The van der Waals surface area contributed by atoms with Gasteiger partial charge in [-0.25, -0.2) is 0 Å². The summed E-state index contributed by atoms with van der Waals surface area (Å²) in [6.45, 7) is 0. The van der Waals surface area contributed by atoms with Crippen LogP contribution in [-0.2, 0) is 9.68 Å². The highest BCUT2D eigenvalue weighted by Gasteiger charge is 2.47. The Morgan fingerprint density at radius 2 is 1.43 bits per heavy atom. The molecule has 7 heteroatoms. The van der Waals surface area contributed by atoms with Gasteiger partial charge < -0.3 is 19.1 Å². The van der Waals surface area contributed by atoms with Crippen LogP contribution in [-0.4, -0.2) is 43.1 Å². The molecule has 3 aliphatic rings. The molecule has 2 aromatic rings. The van der Waals surface area contributed by atoms with Crippen molar-refractivity contribution in [3.63, 3.8) is 0 Å². The summed E-state index contributed by atoms with van der Waals surface area (Å²) in [5.41, 5.74) is 2.81. The molecule has 0 aliphatic carbocycles. The quantitative estimate of drug-likeness (QED) is 0.767. The lowest BCUT2D eigenvalue weighted by Crippen LogP contribution is -2.49. The standard InChI is InChI=1S/C21H19N3O4/c1-25-15-7-3-13(4-8-15)19-17-11-12-18-24(21(17)28-22-19)20(23-27-18)14-5-9-16(26-2)10-6-14/h3-12,17-18,21H,1-2H3/t17-,18?,21-/m0/s1. The lowest BCUT2D eigenvalue weighted by atomic mass is 9.92.